The first-order valence-corrected chi connectivity index (χ1v) is 6.20. The van der Waals surface area contributed by atoms with Gasteiger partial charge in [0.25, 0.3) is 0 Å². The summed E-state index contributed by atoms with van der Waals surface area (Å²) in [5.74, 6) is 0. The van der Waals surface area contributed by atoms with E-state index in [9.17, 15) is 4.79 Å². The lowest BCUT2D eigenvalue weighted by molar-refractivity contribution is 0.175. The van der Waals surface area contributed by atoms with Gasteiger partial charge in [-0.1, -0.05) is 0 Å². The molecule has 92 valence electrons. The zero-order valence-corrected chi connectivity index (χ0v) is 10.0. The first-order chi connectivity index (χ1) is 7.75. The second kappa shape index (κ2) is 5.50. The highest BCUT2D eigenvalue weighted by molar-refractivity contribution is 5.74. The Morgan fingerprint density at radius 3 is 2.44 bits per heavy atom. The SMILES string of the molecule is CN1CCC(NC(=O)N2CCNCC2)CC1. The van der Waals surface area contributed by atoms with Crippen molar-refractivity contribution in [3.8, 4) is 0 Å². The number of nitrogens with one attached hydrogen (secondary N) is 2. The molecule has 2 saturated heterocycles. The van der Waals surface area contributed by atoms with Crippen LogP contribution in [-0.4, -0.2) is 68.2 Å². The molecule has 0 unspecified atom stereocenters. The van der Waals surface area contributed by atoms with Crippen LogP contribution in [0.2, 0.25) is 0 Å². The highest BCUT2D eigenvalue weighted by Crippen LogP contribution is 2.08. The Morgan fingerprint density at radius 2 is 1.81 bits per heavy atom. The Balaban J connectivity index is 1.73. The van der Waals surface area contributed by atoms with Crippen LogP contribution >= 0.6 is 0 Å². The van der Waals surface area contributed by atoms with Crippen LogP contribution in [0.15, 0.2) is 0 Å². The van der Waals surface area contributed by atoms with Crippen molar-refractivity contribution in [2.45, 2.75) is 18.9 Å². The zero-order chi connectivity index (χ0) is 11.4. The summed E-state index contributed by atoms with van der Waals surface area (Å²) in [6.45, 7) is 5.68. The number of hydrogen-bond donors (Lipinski definition) is 2. The van der Waals surface area contributed by atoms with E-state index >= 15 is 0 Å². The van der Waals surface area contributed by atoms with E-state index in [1.165, 1.54) is 0 Å². The second-order valence-electron chi connectivity index (χ2n) is 4.76. The van der Waals surface area contributed by atoms with Crippen molar-refractivity contribution in [2.24, 2.45) is 0 Å². The monoisotopic (exact) mass is 226 g/mol. The Hall–Kier alpha value is -0.810. The van der Waals surface area contributed by atoms with Crippen LogP contribution in [-0.2, 0) is 0 Å². The standard InChI is InChI=1S/C11H22N4O/c1-14-6-2-10(3-7-14)13-11(16)15-8-4-12-5-9-15/h10,12H,2-9H2,1H3,(H,13,16). The molecular weight excluding hydrogens is 204 g/mol. The minimum absolute atomic E-state index is 0.121. The van der Waals surface area contributed by atoms with Crippen LogP contribution in [0.1, 0.15) is 12.8 Å². The summed E-state index contributed by atoms with van der Waals surface area (Å²) in [7, 11) is 2.13. The summed E-state index contributed by atoms with van der Waals surface area (Å²) in [5, 5.41) is 6.39. The molecule has 0 atom stereocenters. The van der Waals surface area contributed by atoms with Crippen molar-refractivity contribution in [1.29, 1.82) is 0 Å². The molecule has 2 aliphatic heterocycles. The number of rotatable bonds is 1. The van der Waals surface area contributed by atoms with Crippen molar-refractivity contribution in [3.63, 3.8) is 0 Å². The minimum Gasteiger partial charge on any atom is -0.335 e. The maximum Gasteiger partial charge on any atom is 0.317 e. The van der Waals surface area contributed by atoms with Crippen molar-refractivity contribution in [2.75, 3.05) is 46.3 Å². The van der Waals surface area contributed by atoms with Gasteiger partial charge >= 0.3 is 6.03 Å². The molecule has 0 aromatic rings. The van der Waals surface area contributed by atoms with Crippen LogP contribution in [0.4, 0.5) is 4.79 Å². The summed E-state index contributed by atoms with van der Waals surface area (Å²) in [6.07, 6.45) is 2.16. The number of piperazine rings is 1. The first kappa shape index (κ1) is 11.7. The fourth-order valence-corrected chi connectivity index (χ4v) is 2.29. The van der Waals surface area contributed by atoms with Crippen molar-refractivity contribution < 1.29 is 4.79 Å². The third-order valence-electron chi connectivity index (χ3n) is 3.45. The number of carbonyl (C=O) groups is 1. The van der Waals surface area contributed by atoms with Gasteiger partial charge in [0.2, 0.25) is 0 Å². The smallest absolute Gasteiger partial charge is 0.317 e. The molecule has 0 radical (unpaired) electrons. The van der Waals surface area contributed by atoms with E-state index in [0.29, 0.717) is 6.04 Å². The first-order valence-electron chi connectivity index (χ1n) is 6.20. The van der Waals surface area contributed by atoms with Gasteiger partial charge in [0.05, 0.1) is 0 Å². The Labute approximate surface area is 97.2 Å². The quantitative estimate of drug-likeness (QED) is 0.645. The summed E-state index contributed by atoms with van der Waals surface area (Å²) in [5.41, 5.74) is 0. The summed E-state index contributed by atoms with van der Waals surface area (Å²) in [4.78, 5) is 16.1. The van der Waals surface area contributed by atoms with Crippen LogP contribution in [0.3, 0.4) is 0 Å². The van der Waals surface area contributed by atoms with Gasteiger partial charge in [0, 0.05) is 32.2 Å². The number of likely N-dealkylation sites (tertiary alicyclic amines) is 1. The lowest BCUT2D eigenvalue weighted by Crippen LogP contribution is -2.53. The van der Waals surface area contributed by atoms with Gasteiger partial charge < -0.3 is 20.4 Å². The van der Waals surface area contributed by atoms with Crippen LogP contribution < -0.4 is 10.6 Å². The van der Waals surface area contributed by atoms with Crippen molar-refractivity contribution >= 4 is 6.03 Å². The lowest BCUT2D eigenvalue weighted by Gasteiger charge is -2.33. The van der Waals surface area contributed by atoms with Crippen molar-refractivity contribution in [3.05, 3.63) is 0 Å². The summed E-state index contributed by atoms with van der Waals surface area (Å²) >= 11 is 0. The van der Waals surface area contributed by atoms with E-state index < -0.39 is 0 Å². The minimum atomic E-state index is 0.121. The molecule has 2 N–H and O–H groups in total. The molecule has 2 amide bonds. The average Bonchev–Trinajstić information content (AvgIpc) is 2.33. The largest absolute Gasteiger partial charge is 0.335 e. The van der Waals surface area contributed by atoms with Gasteiger partial charge in [-0.3, -0.25) is 0 Å². The molecule has 5 heteroatoms. The summed E-state index contributed by atoms with van der Waals surface area (Å²) < 4.78 is 0. The van der Waals surface area contributed by atoms with Gasteiger partial charge in [0.15, 0.2) is 0 Å². The molecule has 0 aromatic carbocycles. The maximum absolute atomic E-state index is 11.9. The number of amides is 2. The second-order valence-corrected chi connectivity index (χ2v) is 4.76. The molecule has 0 aromatic heterocycles. The van der Waals surface area contributed by atoms with E-state index in [4.69, 9.17) is 0 Å². The summed E-state index contributed by atoms with van der Waals surface area (Å²) in [6, 6.07) is 0.495. The van der Waals surface area contributed by atoms with Crippen molar-refractivity contribution in [1.82, 2.24) is 20.4 Å². The number of urea groups is 1. The molecule has 0 spiro atoms. The molecular formula is C11H22N4O. The van der Waals surface area contributed by atoms with E-state index in [0.717, 1.165) is 52.1 Å². The van der Waals surface area contributed by atoms with Crippen LogP contribution in [0, 0.1) is 0 Å². The highest BCUT2D eigenvalue weighted by atomic mass is 16.2. The fourth-order valence-electron chi connectivity index (χ4n) is 2.29. The predicted molar refractivity (Wildman–Crippen MR) is 63.5 cm³/mol. The fraction of sp³-hybridized carbons (Fsp3) is 0.909. The number of nitrogens with zero attached hydrogens (tertiary/aromatic N) is 2. The van der Waals surface area contributed by atoms with E-state index in [-0.39, 0.29) is 6.03 Å². The third kappa shape index (κ3) is 3.09. The molecule has 0 saturated carbocycles. The normalized spacial score (nSPS) is 24.4. The van der Waals surface area contributed by atoms with E-state index in [2.05, 4.69) is 22.6 Å². The van der Waals surface area contributed by atoms with E-state index in [1.807, 2.05) is 4.90 Å². The van der Waals surface area contributed by atoms with Gasteiger partial charge in [-0.25, -0.2) is 4.79 Å². The lowest BCUT2D eigenvalue weighted by atomic mass is 10.1. The molecule has 0 aliphatic carbocycles. The molecule has 2 heterocycles. The van der Waals surface area contributed by atoms with E-state index in [1.54, 1.807) is 0 Å². The number of piperidine rings is 1. The third-order valence-corrected chi connectivity index (χ3v) is 3.45. The average molecular weight is 226 g/mol. The Kier molecular flexibility index (Phi) is 4.01. The molecule has 2 aliphatic rings. The highest BCUT2D eigenvalue weighted by Gasteiger charge is 2.22. The molecule has 16 heavy (non-hydrogen) atoms. The zero-order valence-electron chi connectivity index (χ0n) is 10.0. The topological polar surface area (TPSA) is 47.6 Å². The van der Waals surface area contributed by atoms with Gasteiger partial charge in [0.1, 0.15) is 0 Å². The Morgan fingerprint density at radius 1 is 1.19 bits per heavy atom. The van der Waals surface area contributed by atoms with Gasteiger partial charge in [-0.05, 0) is 33.0 Å². The number of hydrogen-bond acceptors (Lipinski definition) is 3. The number of carbonyl (C=O) groups excluding carboxylic acids is 1. The molecule has 2 rings (SSSR count). The Bertz CT molecular complexity index is 232. The van der Waals surface area contributed by atoms with Crippen LogP contribution in [0.5, 0.6) is 0 Å². The maximum atomic E-state index is 11.9. The molecule has 5 nitrogen and oxygen atoms in total. The van der Waals surface area contributed by atoms with Gasteiger partial charge in [-0.15, -0.1) is 0 Å². The van der Waals surface area contributed by atoms with Crippen LogP contribution in [0.25, 0.3) is 0 Å². The van der Waals surface area contributed by atoms with Gasteiger partial charge in [-0.2, -0.15) is 0 Å². The molecule has 0 bridgehead atoms. The molecule has 2 fully saturated rings. The predicted octanol–water partition coefficient (Wildman–Crippen LogP) is -0.305.